The van der Waals surface area contributed by atoms with Crippen LogP contribution in [0.2, 0.25) is 0 Å². The molecule has 2 aromatic carbocycles. The molecular formula is C18H21O. The van der Waals surface area contributed by atoms with E-state index in [2.05, 4.69) is 26.0 Å². The fourth-order valence-corrected chi connectivity index (χ4v) is 2.21. The number of para-hydroxylation sites is 1. The highest BCUT2D eigenvalue weighted by Crippen LogP contribution is 2.28. The summed E-state index contributed by atoms with van der Waals surface area (Å²) in [7, 11) is 0. The van der Waals surface area contributed by atoms with Crippen molar-refractivity contribution >= 4 is 0 Å². The van der Waals surface area contributed by atoms with Crippen LogP contribution in [0, 0.1) is 6.07 Å². The molecule has 2 aromatic rings. The molecule has 1 heteroatoms. The van der Waals surface area contributed by atoms with Crippen molar-refractivity contribution in [3.05, 3.63) is 59.7 Å². The highest BCUT2D eigenvalue weighted by atomic mass is 16.5. The minimum Gasteiger partial charge on any atom is -0.456 e. The van der Waals surface area contributed by atoms with Crippen LogP contribution in [-0.2, 0) is 12.8 Å². The molecule has 0 bridgehead atoms. The Labute approximate surface area is 116 Å². The summed E-state index contributed by atoms with van der Waals surface area (Å²) in [6, 6.07) is 17.3. The first-order valence-electron chi connectivity index (χ1n) is 7.10. The zero-order chi connectivity index (χ0) is 13.5. The number of hydrogen-bond acceptors (Lipinski definition) is 1. The van der Waals surface area contributed by atoms with Crippen molar-refractivity contribution in [1.29, 1.82) is 0 Å². The van der Waals surface area contributed by atoms with E-state index in [-0.39, 0.29) is 0 Å². The van der Waals surface area contributed by atoms with Gasteiger partial charge >= 0.3 is 0 Å². The minimum atomic E-state index is 0.879. The minimum absolute atomic E-state index is 0.879. The first kappa shape index (κ1) is 13.7. The van der Waals surface area contributed by atoms with E-state index in [0.29, 0.717) is 0 Å². The van der Waals surface area contributed by atoms with Gasteiger partial charge < -0.3 is 4.74 Å². The van der Waals surface area contributed by atoms with E-state index in [1.165, 1.54) is 24.0 Å². The maximum Gasteiger partial charge on any atom is 0.138 e. The summed E-state index contributed by atoms with van der Waals surface area (Å²) in [5.74, 6) is 1.77. The third-order valence-corrected chi connectivity index (χ3v) is 3.29. The maximum absolute atomic E-state index is 5.99. The Balaban J connectivity index is 2.28. The lowest BCUT2D eigenvalue weighted by atomic mass is 9.99. The lowest BCUT2D eigenvalue weighted by Crippen LogP contribution is -1.98. The fraction of sp³-hybridized carbons (Fsp3) is 0.333. The second kappa shape index (κ2) is 6.98. The van der Waals surface area contributed by atoms with Gasteiger partial charge in [0.15, 0.2) is 0 Å². The van der Waals surface area contributed by atoms with E-state index < -0.39 is 0 Å². The summed E-state index contributed by atoms with van der Waals surface area (Å²) < 4.78 is 5.99. The predicted molar refractivity (Wildman–Crippen MR) is 79.8 cm³/mol. The van der Waals surface area contributed by atoms with Crippen LogP contribution in [0.5, 0.6) is 11.5 Å². The molecule has 0 aromatic heterocycles. The van der Waals surface area contributed by atoms with Gasteiger partial charge in [-0.15, -0.1) is 0 Å². The number of hydrogen-bond donors (Lipinski definition) is 0. The Morgan fingerprint density at radius 2 is 1.84 bits per heavy atom. The van der Waals surface area contributed by atoms with Gasteiger partial charge in [0.25, 0.3) is 0 Å². The first-order valence-corrected chi connectivity index (χ1v) is 7.10. The summed E-state index contributed by atoms with van der Waals surface area (Å²) in [5.41, 5.74) is 2.69. The molecule has 0 fully saturated rings. The highest BCUT2D eigenvalue weighted by molar-refractivity contribution is 5.42. The van der Waals surface area contributed by atoms with Gasteiger partial charge in [-0.2, -0.15) is 0 Å². The summed E-state index contributed by atoms with van der Waals surface area (Å²) >= 11 is 0. The number of ether oxygens (including phenoxy) is 1. The number of benzene rings is 2. The lowest BCUT2D eigenvalue weighted by Gasteiger charge is -2.14. The summed E-state index contributed by atoms with van der Waals surface area (Å²) in [6.07, 6.45) is 4.50. The molecule has 2 rings (SSSR count). The zero-order valence-corrected chi connectivity index (χ0v) is 11.8. The van der Waals surface area contributed by atoms with Crippen LogP contribution >= 0.6 is 0 Å². The van der Waals surface area contributed by atoms with Crippen LogP contribution in [0.4, 0.5) is 0 Å². The lowest BCUT2D eigenvalue weighted by molar-refractivity contribution is 0.473. The van der Waals surface area contributed by atoms with Crippen molar-refractivity contribution in [2.24, 2.45) is 0 Å². The average molecular weight is 253 g/mol. The van der Waals surface area contributed by atoms with Gasteiger partial charge in [0.2, 0.25) is 0 Å². The Morgan fingerprint density at radius 1 is 1.05 bits per heavy atom. The van der Waals surface area contributed by atoms with Crippen molar-refractivity contribution in [3.63, 3.8) is 0 Å². The molecule has 0 heterocycles. The molecule has 19 heavy (non-hydrogen) atoms. The van der Waals surface area contributed by atoms with Crippen LogP contribution in [0.15, 0.2) is 42.5 Å². The maximum atomic E-state index is 5.99. The summed E-state index contributed by atoms with van der Waals surface area (Å²) in [4.78, 5) is 0. The monoisotopic (exact) mass is 253 g/mol. The van der Waals surface area contributed by atoms with Gasteiger partial charge in [-0.25, -0.2) is 0 Å². The molecule has 0 atom stereocenters. The molecule has 0 amide bonds. The van der Waals surface area contributed by atoms with Gasteiger partial charge in [0.05, 0.1) is 0 Å². The Hall–Kier alpha value is -1.76. The molecular weight excluding hydrogens is 232 g/mol. The fourth-order valence-electron chi connectivity index (χ4n) is 2.21. The Kier molecular flexibility index (Phi) is 5.02. The van der Waals surface area contributed by atoms with E-state index in [4.69, 9.17) is 4.74 Å². The summed E-state index contributed by atoms with van der Waals surface area (Å²) in [6.45, 7) is 4.41. The quantitative estimate of drug-likeness (QED) is 0.689. The molecule has 99 valence electrons. The number of unbranched alkanes of at least 4 members (excludes halogenated alkanes) is 1. The van der Waals surface area contributed by atoms with Crippen LogP contribution < -0.4 is 4.74 Å². The summed E-state index contributed by atoms with van der Waals surface area (Å²) in [5, 5.41) is 0. The van der Waals surface area contributed by atoms with Gasteiger partial charge in [0, 0.05) is 6.07 Å². The van der Waals surface area contributed by atoms with Crippen molar-refractivity contribution < 1.29 is 4.74 Å². The molecule has 0 aliphatic heterocycles. The second-order valence-electron chi connectivity index (χ2n) is 4.68. The molecule has 0 N–H and O–H groups in total. The first-order chi connectivity index (χ1) is 9.35. The van der Waals surface area contributed by atoms with E-state index in [1.54, 1.807) is 0 Å². The largest absolute Gasteiger partial charge is 0.456 e. The SMILES string of the molecule is CCCCc1c(Oc2ccccc2)[c]ccc1CC. The van der Waals surface area contributed by atoms with Gasteiger partial charge in [-0.3, -0.25) is 0 Å². The molecule has 0 unspecified atom stereocenters. The van der Waals surface area contributed by atoms with Gasteiger partial charge in [-0.1, -0.05) is 50.6 Å². The Bertz CT molecular complexity index is 502. The number of aryl methyl sites for hydroxylation is 1. The van der Waals surface area contributed by atoms with E-state index in [1.807, 2.05) is 36.4 Å². The average Bonchev–Trinajstić information content (AvgIpc) is 2.46. The van der Waals surface area contributed by atoms with Crippen LogP contribution in [0.3, 0.4) is 0 Å². The van der Waals surface area contributed by atoms with Crippen molar-refractivity contribution in [3.8, 4) is 11.5 Å². The van der Waals surface area contributed by atoms with Crippen molar-refractivity contribution in [2.45, 2.75) is 39.5 Å². The highest BCUT2D eigenvalue weighted by Gasteiger charge is 2.09. The zero-order valence-electron chi connectivity index (χ0n) is 11.8. The molecule has 0 aliphatic rings. The molecule has 1 radical (unpaired) electrons. The van der Waals surface area contributed by atoms with Crippen LogP contribution in [0.25, 0.3) is 0 Å². The third kappa shape index (κ3) is 3.60. The molecule has 0 saturated carbocycles. The van der Waals surface area contributed by atoms with Crippen LogP contribution in [0.1, 0.15) is 37.8 Å². The third-order valence-electron chi connectivity index (χ3n) is 3.29. The predicted octanol–water partition coefficient (Wildman–Crippen LogP) is 5.18. The number of rotatable bonds is 6. The molecule has 1 nitrogen and oxygen atoms in total. The van der Waals surface area contributed by atoms with Gasteiger partial charge in [0.1, 0.15) is 11.5 Å². The Morgan fingerprint density at radius 3 is 2.53 bits per heavy atom. The normalized spacial score (nSPS) is 10.4. The standard InChI is InChI=1S/C18H21O/c1-3-5-13-17-15(4-2)10-9-14-18(17)19-16-11-7-6-8-12-16/h6-12H,3-5,13H2,1-2H3. The van der Waals surface area contributed by atoms with E-state index >= 15 is 0 Å². The van der Waals surface area contributed by atoms with Gasteiger partial charge in [-0.05, 0) is 42.5 Å². The molecule has 0 saturated heterocycles. The second-order valence-corrected chi connectivity index (χ2v) is 4.68. The molecule has 0 aliphatic carbocycles. The molecule has 0 spiro atoms. The van der Waals surface area contributed by atoms with Crippen LogP contribution in [-0.4, -0.2) is 0 Å². The topological polar surface area (TPSA) is 9.23 Å². The smallest absolute Gasteiger partial charge is 0.138 e. The van der Waals surface area contributed by atoms with Crippen molar-refractivity contribution in [1.82, 2.24) is 0 Å². The van der Waals surface area contributed by atoms with E-state index in [0.717, 1.165) is 24.3 Å². The van der Waals surface area contributed by atoms with Crippen molar-refractivity contribution in [2.75, 3.05) is 0 Å². The van der Waals surface area contributed by atoms with E-state index in [9.17, 15) is 0 Å².